The van der Waals surface area contributed by atoms with Crippen LogP contribution in [-0.2, 0) is 4.57 Å². The summed E-state index contributed by atoms with van der Waals surface area (Å²) in [5.41, 5.74) is 3.44. The highest BCUT2D eigenvalue weighted by molar-refractivity contribution is 7.90. The Morgan fingerprint density at radius 2 is 1.06 bits per heavy atom. The van der Waals surface area contributed by atoms with Gasteiger partial charge in [-0.2, -0.15) is 0 Å². The minimum absolute atomic E-state index is 0.0212. The van der Waals surface area contributed by atoms with Gasteiger partial charge in [0.25, 0.3) is 11.4 Å². The van der Waals surface area contributed by atoms with Crippen molar-refractivity contribution in [3.05, 3.63) is 121 Å². The van der Waals surface area contributed by atoms with Crippen molar-refractivity contribution >= 4 is 34.4 Å². The predicted octanol–water partition coefficient (Wildman–Crippen LogP) is 6.51. The van der Waals surface area contributed by atoms with Crippen molar-refractivity contribution in [1.82, 2.24) is 0 Å². The molecule has 0 bridgehead atoms. The van der Waals surface area contributed by atoms with Crippen LogP contribution in [0.1, 0.15) is 30.4 Å². The molecular formula is C25H19N2O5P. The molecule has 1 fully saturated rings. The van der Waals surface area contributed by atoms with Gasteiger partial charge in [-0.05, 0) is 65.8 Å². The van der Waals surface area contributed by atoms with E-state index in [9.17, 15) is 20.2 Å². The van der Waals surface area contributed by atoms with Crippen molar-refractivity contribution in [3.63, 3.8) is 0 Å². The monoisotopic (exact) mass is 458 g/mol. The topological polar surface area (TPSA) is 103 Å². The number of benzene rings is 3. The minimum Gasteiger partial charge on any atom is -0.309 e. The zero-order chi connectivity index (χ0) is 23.2. The summed E-state index contributed by atoms with van der Waals surface area (Å²) in [5, 5.41) is 24.5. The van der Waals surface area contributed by atoms with Gasteiger partial charge in [-0.25, -0.2) is 0 Å². The number of hydrogen-bond acceptors (Lipinski definition) is 5. The number of fused-ring (bicyclic) bond motifs is 1. The highest BCUT2D eigenvalue weighted by Gasteiger charge is 2.46. The molecule has 0 spiro atoms. The molecule has 33 heavy (non-hydrogen) atoms. The normalized spacial score (nSPS) is 16.7. The number of rotatable bonds is 5. The zero-order valence-electron chi connectivity index (χ0n) is 17.5. The number of hydrogen-bond donors (Lipinski definition) is 0. The lowest BCUT2D eigenvalue weighted by atomic mass is 10.0. The standard InChI is InChI=1S/C25H19N2O5P/c28-26(29)19-13-9-17(10-14-19)24-22-7-4-8-23(22)25(18-11-15-20(16-12-18)27(30)31)33(24,32)21-5-2-1-3-6-21/h1-3,5-6,9-16H,4,7-8H2. The molecule has 0 radical (unpaired) electrons. The van der Waals surface area contributed by atoms with Crippen molar-refractivity contribution in [3.8, 4) is 0 Å². The fourth-order valence-corrected chi connectivity index (χ4v) is 8.46. The lowest BCUT2D eigenvalue weighted by Crippen LogP contribution is -2.06. The molecule has 1 saturated carbocycles. The molecule has 3 aromatic rings. The quantitative estimate of drug-likeness (QED) is 0.246. The molecule has 5 rings (SSSR count). The maximum absolute atomic E-state index is 15.1. The van der Waals surface area contributed by atoms with Gasteiger partial charge in [0.2, 0.25) is 0 Å². The summed E-state index contributed by atoms with van der Waals surface area (Å²) >= 11 is 0. The molecule has 164 valence electrons. The van der Waals surface area contributed by atoms with Gasteiger partial charge in [-0.1, -0.05) is 30.3 Å². The number of nitrogens with zero attached hydrogens (tertiary/aromatic N) is 2. The molecule has 0 unspecified atom stereocenters. The lowest BCUT2D eigenvalue weighted by Gasteiger charge is -2.23. The fourth-order valence-electron chi connectivity index (χ4n) is 4.85. The largest absolute Gasteiger partial charge is 0.309 e. The van der Waals surface area contributed by atoms with E-state index < -0.39 is 17.0 Å². The van der Waals surface area contributed by atoms with Crippen molar-refractivity contribution in [2.45, 2.75) is 19.3 Å². The van der Waals surface area contributed by atoms with Crippen LogP contribution in [0.3, 0.4) is 0 Å². The lowest BCUT2D eigenvalue weighted by molar-refractivity contribution is -0.385. The van der Waals surface area contributed by atoms with E-state index in [4.69, 9.17) is 0 Å². The second kappa shape index (κ2) is 7.94. The Bertz CT molecular complexity index is 1310. The van der Waals surface area contributed by atoms with Gasteiger partial charge in [0, 0.05) is 40.2 Å². The molecule has 0 saturated heterocycles. The zero-order valence-corrected chi connectivity index (χ0v) is 18.4. The molecule has 0 atom stereocenters. The molecule has 0 N–H and O–H groups in total. The van der Waals surface area contributed by atoms with Crippen LogP contribution in [0.4, 0.5) is 11.4 Å². The highest BCUT2D eigenvalue weighted by Crippen LogP contribution is 2.75. The molecule has 3 aromatic carbocycles. The number of non-ortho nitro benzene ring substituents is 2. The van der Waals surface area contributed by atoms with Crippen LogP contribution in [0.15, 0.2) is 90.0 Å². The third-order valence-electron chi connectivity index (χ3n) is 6.24. The van der Waals surface area contributed by atoms with Gasteiger partial charge in [0.1, 0.15) is 0 Å². The average molecular weight is 458 g/mol. The Morgan fingerprint density at radius 1 is 0.636 bits per heavy atom. The molecule has 7 nitrogen and oxygen atoms in total. The SMILES string of the molecule is O=[N+]([O-])c1ccc(C2=C3CCCC3=C(c3ccc([N+](=O)[O-])cc3)P2(=O)c2ccccc2)cc1. The van der Waals surface area contributed by atoms with Crippen molar-refractivity contribution in [1.29, 1.82) is 0 Å². The molecule has 1 aliphatic heterocycles. The average Bonchev–Trinajstić information content (AvgIpc) is 3.38. The van der Waals surface area contributed by atoms with E-state index >= 15 is 4.57 Å². The van der Waals surface area contributed by atoms with E-state index in [2.05, 4.69) is 0 Å². The second-order valence-corrected chi connectivity index (χ2v) is 10.7. The second-order valence-electron chi connectivity index (χ2n) is 8.06. The van der Waals surface area contributed by atoms with Crippen molar-refractivity contribution in [2.24, 2.45) is 0 Å². The van der Waals surface area contributed by atoms with E-state index in [0.29, 0.717) is 16.4 Å². The summed E-state index contributed by atoms with van der Waals surface area (Å²) in [5.74, 6) is 0. The molecule has 2 aliphatic rings. The summed E-state index contributed by atoms with van der Waals surface area (Å²) in [6.45, 7) is 0. The molecule has 0 amide bonds. The Balaban J connectivity index is 1.75. The van der Waals surface area contributed by atoms with Gasteiger partial charge < -0.3 is 4.57 Å². The maximum Gasteiger partial charge on any atom is 0.269 e. The van der Waals surface area contributed by atoms with E-state index in [-0.39, 0.29) is 11.4 Å². The molecule has 8 heteroatoms. The van der Waals surface area contributed by atoms with Crippen LogP contribution in [-0.4, -0.2) is 9.85 Å². The summed E-state index contributed by atoms with van der Waals surface area (Å²) < 4.78 is 15.1. The molecule has 1 aliphatic carbocycles. The third-order valence-corrected chi connectivity index (χ3v) is 9.58. The van der Waals surface area contributed by atoms with E-state index in [1.165, 1.54) is 24.3 Å². The Morgan fingerprint density at radius 3 is 1.45 bits per heavy atom. The number of nitro benzene ring substituents is 2. The van der Waals surface area contributed by atoms with Gasteiger partial charge in [0.15, 0.2) is 7.14 Å². The van der Waals surface area contributed by atoms with Crippen LogP contribution in [0, 0.1) is 20.2 Å². The van der Waals surface area contributed by atoms with Gasteiger partial charge >= 0.3 is 0 Å². The summed E-state index contributed by atoms with van der Waals surface area (Å²) in [4.78, 5) is 21.4. The number of nitro groups is 2. The maximum atomic E-state index is 15.1. The Labute approximate surface area is 189 Å². The predicted molar refractivity (Wildman–Crippen MR) is 128 cm³/mol. The van der Waals surface area contributed by atoms with Crippen molar-refractivity contribution < 1.29 is 14.4 Å². The minimum atomic E-state index is -3.32. The highest BCUT2D eigenvalue weighted by atomic mass is 31.2. The van der Waals surface area contributed by atoms with Crippen LogP contribution >= 0.6 is 7.14 Å². The fraction of sp³-hybridized carbons (Fsp3) is 0.120. The first kappa shape index (κ1) is 21.0. The van der Waals surface area contributed by atoms with Crippen molar-refractivity contribution in [2.75, 3.05) is 0 Å². The summed E-state index contributed by atoms with van der Waals surface area (Å²) in [6.07, 6.45) is 2.47. The molecule has 0 aromatic heterocycles. The van der Waals surface area contributed by atoms with Crippen LogP contribution in [0.2, 0.25) is 0 Å². The molecular weight excluding hydrogens is 439 g/mol. The number of allylic oxidation sites excluding steroid dienone is 2. The van der Waals surface area contributed by atoms with E-state index in [1.54, 1.807) is 24.3 Å². The summed E-state index contributed by atoms with van der Waals surface area (Å²) in [7, 11) is -3.32. The van der Waals surface area contributed by atoms with Gasteiger partial charge in [-0.15, -0.1) is 0 Å². The third kappa shape index (κ3) is 3.33. The Hall–Kier alpha value is -3.83. The van der Waals surface area contributed by atoms with Gasteiger partial charge in [-0.3, -0.25) is 20.2 Å². The van der Waals surface area contributed by atoms with E-state index in [0.717, 1.165) is 41.0 Å². The van der Waals surface area contributed by atoms with Crippen LogP contribution < -0.4 is 5.30 Å². The van der Waals surface area contributed by atoms with Gasteiger partial charge in [0.05, 0.1) is 9.85 Å². The van der Waals surface area contributed by atoms with E-state index in [1.807, 2.05) is 30.3 Å². The smallest absolute Gasteiger partial charge is 0.269 e. The first-order valence-corrected chi connectivity index (χ1v) is 12.2. The van der Waals surface area contributed by atoms with Crippen LogP contribution in [0.25, 0.3) is 10.6 Å². The summed E-state index contributed by atoms with van der Waals surface area (Å²) in [6, 6.07) is 21.7. The molecule has 1 heterocycles. The first-order valence-electron chi connectivity index (χ1n) is 10.5. The van der Waals surface area contributed by atoms with Crippen LogP contribution in [0.5, 0.6) is 0 Å². The first-order chi connectivity index (χ1) is 15.9. The Kier molecular flexibility index (Phi) is 5.06.